The van der Waals surface area contributed by atoms with E-state index in [-0.39, 0.29) is 5.75 Å². The van der Waals surface area contributed by atoms with Gasteiger partial charge in [0.25, 0.3) is 0 Å². The molecule has 0 radical (unpaired) electrons. The number of nitrogens with one attached hydrogen (secondary N) is 1. The van der Waals surface area contributed by atoms with E-state index in [1.807, 2.05) is 32.9 Å². The van der Waals surface area contributed by atoms with Gasteiger partial charge >= 0.3 is 0 Å². The lowest BCUT2D eigenvalue weighted by molar-refractivity contribution is 0.0555. The van der Waals surface area contributed by atoms with Crippen molar-refractivity contribution in [3.63, 3.8) is 0 Å². The quantitative estimate of drug-likeness (QED) is 0.696. The monoisotopic (exact) mass is 253 g/mol. The van der Waals surface area contributed by atoms with Crippen LogP contribution in [0.1, 0.15) is 32.8 Å². The van der Waals surface area contributed by atoms with Crippen LogP contribution in [0.4, 0.5) is 0 Å². The van der Waals surface area contributed by atoms with Gasteiger partial charge in [-0.15, -0.1) is 0 Å². The van der Waals surface area contributed by atoms with Crippen LogP contribution in [-0.4, -0.2) is 29.0 Å². The van der Waals surface area contributed by atoms with E-state index in [1.165, 1.54) is 0 Å². The maximum absolute atomic E-state index is 9.86. The summed E-state index contributed by atoms with van der Waals surface area (Å²) in [5, 5.41) is 22.6. The van der Waals surface area contributed by atoms with E-state index in [0.717, 1.165) is 5.56 Å². The van der Waals surface area contributed by atoms with Crippen molar-refractivity contribution in [3.05, 3.63) is 23.8 Å². The van der Waals surface area contributed by atoms with Crippen LogP contribution in [0.25, 0.3) is 0 Å². The Morgan fingerprint density at radius 2 is 2.06 bits per heavy atom. The van der Waals surface area contributed by atoms with E-state index < -0.39 is 5.60 Å². The van der Waals surface area contributed by atoms with Gasteiger partial charge in [0.2, 0.25) is 0 Å². The molecule has 0 aromatic heterocycles. The van der Waals surface area contributed by atoms with E-state index in [2.05, 4.69) is 5.32 Å². The molecular formula is C14H23NO3. The number of phenolic OH excluding ortho intramolecular Hbond substituents is 1. The van der Waals surface area contributed by atoms with Crippen LogP contribution in [0.15, 0.2) is 18.2 Å². The van der Waals surface area contributed by atoms with Crippen LogP contribution in [0.5, 0.6) is 11.5 Å². The lowest BCUT2D eigenvalue weighted by atomic mass is 10.0. The SMILES string of the molecule is CCOc1cc(CNCC(C)(O)CC)ccc1O. The van der Waals surface area contributed by atoms with Crippen LogP contribution in [-0.2, 0) is 6.54 Å². The van der Waals surface area contributed by atoms with E-state index in [9.17, 15) is 10.2 Å². The summed E-state index contributed by atoms with van der Waals surface area (Å²) in [6.07, 6.45) is 0.708. The standard InChI is InChI=1S/C14H23NO3/c1-4-14(3,17)10-15-9-11-6-7-12(16)13(8-11)18-5-2/h6-8,15-17H,4-5,9-10H2,1-3H3. The molecule has 0 aliphatic heterocycles. The Morgan fingerprint density at radius 3 is 2.67 bits per heavy atom. The highest BCUT2D eigenvalue weighted by molar-refractivity contribution is 5.41. The van der Waals surface area contributed by atoms with Crippen molar-refractivity contribution < 1.29 is 14.9 Å². The van der Waals surface area contributed by atoms with Crippen LogP contribution >= 0.6 is 0 Å². The number of aromatic hydroxyl groups is 1. The van der Waals surface area contributed by atoms with Gasteiger partial charge in [-0.05, 0) is 38.0 Å². The van der Waals surface area contributed by atoms with Gasteiger partial charge in [0.05, 0.1) is 12.2 Å². The Morgan fingerprint density at radius 1 is 1.33 bits per heavy atom. The maximum atomic E-state index is 9.86. The predicted octanol–water partition coefficient (Wildman–Crippen LogP) is 2.04. The Hall–Kier alpha value is -1.26. The highest BCUT2D eigenvalue weighted by Crippen LogP contribution is 2.26. The summed E-state index contributed by atoms with van der Waals surface area (Å²) >= 11 is 0. The van der Waals surface area contributed by atoms with Crippen molar-refractivity contribution in [3.8, 4) is 11.5 Å². The van der Waals surface area contributed by atoms with Gasteiger partial charge in [0, 0.05) is 13.1 Å². The highest BCUT2D eigenvalue weighted by atomic mass is 16.5. The average molecular weight is 253 g/mol. The fraction of sp³-hybridized carbons (Fsp3) is 0.571. The Balaban J connectivity index is 2.55. The molecule has 0 fully saturated rings. The lowest BCUT2D eigenvalue weighted by Gasteiger charge is -2.21. The number of ether oxygens (including phenoxy) is 1. The van der Waals surface area contributed by atoms with E-state index in [4.69, 9.17) is 4.74 Å². The molecule has 1 aromatic rings. The molecule has 1 unspecified atom stereocenters. The molecule has 0 amide bonds. The molecule has 0 heterocycles. The molecule has 102 valence electrons. The molecule has 1 aromatic carbocycles. The highest BCUT2D eigenvalue weighted by Gasteiger charge is 2.16. The van der Waals surface area contributed by atoms with E-state index in [1.54, 1.807) is 6.07 Å². The third-order valence-electron chi connectivity index (χ3n) is 2.92. The van der Waals surface area contributed by atoms with Gasteiger partial charge in [-0.2, -0.15) is 0 Å². The smallest absolute Gasteiger partial charge is 0.161 e. The molecule has 1 atom stereocenters. The molecule has 0 saturated heterocycles. The molecule has 0 saturated carbocycles. The molecular weight excluding hydrogens is 230 g/mol. The minimum atomic E-state index is -0.681. The number of hydrogen-bond donors (Lipinski definition) is 3. The largest absolute Gasteiger partial charge is 0.504 e. The molecule has 0 bridgehead atoms. The fourth-order valence-corrected chi connectivity index (χ4v) is 1.54. The summed E-state index contributed by atoms with van der Waals surface area (Å²) < 4.78 is 5.32. The second-order valence-corrected chi connectivity index (χ2v) is 4.69. The molecule has 0 spiro atoms. The minimum absolute atomic E-state index is 0.154. The number of phenols is 1. The molecule has 1 rings (SSSR count). The first-order valence-corrected chi connectivity index (χ1v) is 6.36. The molecule has 4 nitrogen and oxygen atoms in total. The van der Waals surface area contributed by atoms with Gasteiger partial charge in [-0.25, -0.2) is 0 Å². The second-order valence-electron chi connectivity index (χ2n) is 4.69. The maximum Gasteiger partial charge on any atom is 0.161 e. The summed E-state index contributed by atoms with van der Waals surface area (Å²) in [6.45, 7) is 7.33. The molecule has 18 heavy (non-hydrogen) atoms. The van der Waals surface area contributed by atoms with Crippen LogP contribution in [0.3, 0.4) is 0 Å². The summed E-state index contributed by atoms with van der Waals surface area (Å²) in [5.41, 5.74) is 0.336. The summed E-state index contributed by atoms with van der Waals surface area (Å²) in [7, 11) is 0. The topological polar surface area (TPSA) is 61.7 Å². The van der Waals surface area contributed by atoms with Crippen LogP contribution in [0, 0.1) is 0 Å². The van der Waals surface area contributed by atoms with E-state index >= 15 is 0 Å². The van der Waals surface area contributed by atoms with Crippen molar-refractivity contribution in [1.82, 2.24) is 5.32 Å². The Bertz CT molecular complexity index is 377. The van der Waals surface area contributed by atoms with Crippen molar-refractivity contribution in [1.29, 1.82) is 0 Å². The number of rotatable bonds is 7. The Kier molecular flexibility index (Phi) is 5.44. The minimum Gasteiger partial charge on any atom is -0.504 e. The first-order valence-electron chi connectivity index (χ1n) is 6.36. The number of benzene rings is 1. The van der Waals surface area contributed by atoms with Gasteiger partial charge in [-0.3, -0.25) is 0 Å². The molecule has 4 heteroatoms. The van der Waals surface area contributed by atoms with Gasteiger partial charge in [0.1, 0.15) is 0 Å². The van der Waals surface area contributed by atoms with Crippen molar-refractivity contribution in [2.75, 3.05) is 13.2 Å². The summed E-state index contributed by atoms with van der Waals surface area (Å²) in [5.74, 6) is 0.653. The third kappa shape index (κ3) is 4.55. The van der Waals surface area contributed by atoms with Crippen LogP contribution < -0.4 is 10.1 Å². The van der Waals surface area contributed by atoms with Crippen molar-refractivity contribution in [2.45, 2.75) is 39.3 Å². The summed E-state index contributed by atoms with van der Waals surface area (Å²) in [6, 6.07) is 5.28. The average Bonchev–Trinajstić information content (AvgIpc) is 2.33. The lowest BCUT2D eigenvalue weighted by Crippen LogP contribution is -2.36. The Labute approximate surface area is 109 Å². The zero-order valence-corrected chi connectivity index (χ0v) is 11.4. The summed E-state index contributed by atoms with van der Waals surface area (Å²) in [4.78, 5) is 0. The van der Waals surface area contributed by atoms with Gasteiger partial charge in [0.15, 0.2) is 11.5 Å². The van der Waals surface area contributed by atoms with Gasteiger partial charge in [-0.1, -0.05) is 13.0 Å². The van der Waals surface area contributed by atoms with Gasteiger partial charge < -0.3 is 20.3 Å². The predicted molar refractivity (Wildman–Crippen MR) is 71.9 cm³/mol. The first kappa shape index (κ1) is 14.8. The van der Waals surface area contributed by atoms with Crippen molar-refractivity contribution in [2.24, 2.45) is 0 Å². The number of aliphatic hydroxyl groups is 1. The molecule has 0 aliphatic carbocycles. The zero-order chi connectivity index (χ0) is 13.6. The second kappa shape index (κ2) is 6.61. The van der Waals surface area contributed by atoms with Crippen molar-refractivity contribution >= 4 is 0 Å². The first-order chi connectivity index (χ1) is 8.48. The van der Waals surface area contributed by atoms with Crippen LogP contribution in [0.2, 0.25) is 0 Å². The molecule has 0 aliphatic rings. The van der Waals surface area contributed by atoms with E-state index in [0.29, 0.717) is 31.9 Å². The normalized spacial score (nSPS) is 14.2. The number of hydrogen-bond acceptors (Lipinski definition) is 4. The third-order valence-corrected chi connectivity index (χ3v) is 2.92. The zero-order valence-electron chi connectivity index (χ0n) is 11.4. The fourth-order valence-electron chi connectivity index (χ4n) is 1.54. The molecule has 3 N–H and O–H groups in total.